The van der Waals surface area contributed by atoms with Crippen molar-refractivity contribution in [2.24, 2.45) is 0 Å². The second-order valence-corrected chi connectivity index (χ2v) is 9.03. The van der Waals surface area contributed by atoms with Crippen LogP contribution in [0.3, 0.4) is 0 Å². The average Bonchev–Trinajstić information content (AvgIpc) is 3.20. The van der Waals surface area contributed by atoms with E-state index < -0.39 is 11.7 Å². The summed E-state index contributed by atoms with van der Waals surface area (Å²) in [5.74, 6) is 0.0167. The van der Waals surface area contributed by atoms with Crippen molar-refractivity contribution in [2.45, 2.75) is 32.8 Å². The number of hydrogen-bond acceptors (Lipinski definition) is 3. The Hall–Kier alpha value is -3.86. The molecular formula is C28H28N2O3. The van der Waals surface area contributed by atoms with E-state index in [1.54, 1.807) is 0 Å². The summed E-state index contributed by atoms with van der Waals surface area (Å²) in [4.78, 5) is 27.8. The summed E-state index contributed by atoms with van der Waals surface area (Å²) >= 11 is 0. The Morgan fingerprint density at radius 2 is 1.55 bits per heavy atom. The number of nitrogens with one attached hydrogen (secondary N) is 2. The molecule has 0 aliphatic carbocycles. The number of carbonyl (C=O) groups excluding carboxylic acids is 2. The molecule has 1 amide bonds. The van der Waals surface area contributed by atoms with Crippen LogP contribution in [-0.2, 0) is 11.2 Å². The maximum atomic E-state index is 12.7. The van der Waals surface area contributed by atoms with E-state index in [1.165, 1.54) is 0 Å². The fraction of sp³-hybridized carbons (Fsp3) is 0.214. The molecule has 0 aliphatic heterocycles. The first-order chi connectivity index (χ1) is 15.8. The molecule has 0 unspecified atom stereocenters. The van der Waals surface area contributed by atoms with Crippen LogP contribution in [0.25, 0.3) is 22.0 Å². The molecule has 0 atom stereocenters. The normalized spacial score (nSPS) is 11.4. The average molecular weight is 441 g/mol. The molecule has 5 heteroatoms. The van der Waals surface area contributed by atoms with Crippen LogP contribution >= 0.6 is 0 Å². The van der Waals surface area contributed by atoms with Crippen molar-refractivity contribution in [1.82, 2.24) is 10.3 Å². The summed E-state index contributed by atoms with van der Waals surface area (Å²) in [5.41, 5.74) is 5.12. The number of rotatable bonds is 6. The Morgan fingerprint density at radius 3 is 2.24 bits per heavy atom. The fourth-order valence-electron chi connectivity index (χ4n) is 3.75. The second-order valence-electron chi connectivity index (χ2n) is 9.03. The molecule has 33 heavy (non-hydrogen) atoms. The first-order valence-corrected chi connectivity index (χ1v) is 11.1. The third kappa shape index (κ3) is 5.50. The Labute approximate surface area is 193 Å². The summed E-state index contributed by atoms with van der Waals surface area (Å²) in [6.07, 6.45) is 2.26. The van der Waals surface area contributed by atoms with Gasteiger partial charge in [0.1, 0.15) is 5.60 Å². The molecule has 1 aromatic heterocycles. The van der Waals surface area contributed by atoms with E-state index in [4.69, 9.17) is 4.74 Å². The van der Waals surface area contributed by atoms with Crippen molar-refractivity contribution in [3.63, 3.8) is 0 Å². The molecule has 168 valence electrons. The summed E-state index contributed by atoms with van der Waals surface area (Å²) in [6, 6.07) is 23.3. The minimum atomic E-state index is -0.513. The van der Waals surface area contributed by atoms with Gasteiger partial charge in [-0.25, -0.2) is 4.79 Å². The van der Waals surface area contributed by atoms with Crippen LogP contribution in [0.2, 0.25) is 0 Å². The van der Waals surface area contributed by atoms with Crippen molar-refractivity contribution >= 4 is 22.8 Å². The quantitative estimate of drug-likeness (QED) is 0.354. The zero-order chi connectivity index (χ0) is 23.4. The molecule has 2 N–H and O–H groups in total. The lowest BCUT2D eigenvalue weighted by Gasteiger charge is -2.19. The lowest BCUT2D eigenvalue weighted by molar-refractivity contribution is 0.0528. The number of ether oxygens (including phenoxy) is 1. The van der Waals surface area contributed by atoms with Gasteiger partial charge in [0.05, 0.1) is 0 Å². The molecule has 0 saturated carbocycles. The van der Waals surface area contributed by atoms with Gasteiger partial charge >= 0.3 is 6.09 Å². The van der Waals surface area contributed by atoms with Gasteiger partial charge in [0.2, 0.25) is 0 Å². The van der Waals surface area contributed by atoms with Crippen LogP contribution in [0.1, 0.15) is 42.3 Å². The molecule has 0 radical (unpaired) electrons. The Morgan fingerprint density at radius 1 is 0.879 bits per heavy atom. The third-order valence-corrected chi connectivity index (χ3v) is 5.35. The van der Waals surface area contributed by atoms with E-state index in [-0.39, 0.29) is 5.78 Å². The SMILES string of the molecule is CC(C)(C)OC(=O)NCCc1c[nH]c2ccc(-c3ccc(C(=O)c4ccccc4)cc3)cc12. The van der Waals surface area contributed by atoms with Gasteiger partial charge in [0.25, 0.3) is 0 Å². The molecule has 4 rings (SSSR count). The standard InChI is InChI=1S/C28H28N2O3/c1-28(2,3)33-27(32)29-16-15-23-18-30-25-14-13-22(17-24(23)25)19-9-11-21(12-10-19)26(31)20-7-5-4-6-8-20/h4-14,17-18,30H,15-16H2,1-3H3,(H,29,32). The second kappa shape index (κ2) is 9.33. The molecule has 1 heterocycles. The first kappa shape index (κ1) is 22.3. The third-order valence-electron chi connectivity index (χ3n) is 5.35. The highest BCUT2D eigenvalue weighted by Crippen LogP contribution is 2.27. The number of fused-ring (bicyclic) bond motifs is 1. The summed E-state index contributed by atoms with van der Waals surface area (Å²) in [6.45, 7) is 6.02. The van der Waals surface area contributed by atoms with Crippen molar-refractivity contribution in [3.8, 4) is 11.1 Å². The number of ketones is 1. The molecule has 0 spiro atoms. The number of aromatic amines is 1. The van der Waals surface area contributed by atoms with Gasteiger partial charge < -0.3 is 15.0 Å². The van der Waals surface area contributed by atoms with Gasteiger partial charge in [0, 0.05) is 34.8 Å². The Bertz CT molecular complexity index is 1270. The van der Waals surface area contributed by atoms with Crippen molar-refractivity contribution in [2.75, 3.05) is 6.54 Å². The molecule has 0 fully saturated rings. The monoisotopic (exact) mass is 440 g/mol. The highest BCUT2D eigenvalue weighted by atomic mass is 16.6. The van der Waals surface area contributed by atoms with Crippen LogP contribution < -0.4 is 5.32 Å². The summed E-state index contributed by atoms with van der Waals surface area (Å²) in [5, 5.41) is 3.93. The van der Waals surface area contributed by atoms with Crippen LogP contribution in [0.15, 0.2) is 79.0 Å². The van der Waals surface area contributed by atoms with Gasteiger partial charge in [-0.15, -0.1) is 0 Å². The van der Waals surface area contributed by atoms with E-state index in [1.807, 2.05) is 81.6 Å². The van der Waals surface area contributed by atoms with Crippen molar-refractivity contribution in [1.29, 1.82) is 0 Å². The van der Waals surface area contributed by atoms with Crippen LogP contribution in [0, 0.1) is 0 Å². The van der Waals surface area contributed by atoms with Gasteiger partial charge in [-0.1, -0.05) is 60.7 Å². The predicted octanol–water partition coefficient (Wildman–Crippen LogP) is 6.13. The molecule has 0 aliphatic rings. The number of alkyl carbamates (subject to hydrolysis) is 1. The summed E-state index contributed by atoms with van der Waals surface area (Å²) < 4.78 is 5.29. The summed E-state index contributed by atoms with van der Waals surface area (Å²) in [7, 11) is 0. The Kier molecular flexibility index (Phi) is 6.31. The van der Waals surface area contributed by atoms with Crippen LogP contribution in [0.5, 0.6) is 0 Å². The number of benzene rings is 3. The minimum absolute atomic E-state index is 0.0167. The highest BCUT2D eigenvalue weighted by molar-refractivity contribution is 6.09. The zero-order valence-electron chi connectivity index (χ0n) is 19.1. The van der Waals surface area contributed by atoms with E-state index in [2.05, 4.69) is 28.5 Å². The Balaban J connectivity index is 1.48. The molecule has 0 saturated heterocycles. The van der Waals surface area contributed by atoms with E-state index in [0.29, 0.717) is 24.1 Å². The molecular weight excluding hydrogens is 412 g/mol. The van der Waals surface area contributed by atoms with Crippen LogP contribution in [0.4, 0.5) is 4.79 Å². The molecule has 5 nitrogen and oxygen atoms in total. The predicted molar refractivity (Wildman–Crippen MR) is 132 cm³/mol. The first-order valence-electron chi connectivity index (χ1n) is 11.1. The molecule has 4 aromatic rings. The zero-order valence-corrected chi connectivity index (χ0v) is 19.1. The maximum Gasteiger partial charge on any atom is 0.407 e. The number of carbonyl (C=O) groups is 2. The van der Waals surface area contributed by atoms with Gasteiger partial charge in [-0.3, -0.25) is 4.79 Å². The lowest BCUT2D eigenvalue weighted by Crippen LogP contribution is -2.33. The van der Waals surface area contributed by atoms with E-state index in [0.717, 1.165) is 27.6 Å². The smallest absolute Gasteiger partial charge is 0.407 e. The van der Waals surface area contributed by atoms with E-state index in [9.17, 15) is 9.59 Å². The molecule has 0 bridgehead atoms. The molecule has 3 aromatic carbocycles. The topological polar surface area (TPSA) is 71.2 Å². The number of hydrogen-bond donors (Lipinski definition) is 2. The highest BCUT2D eigenvalue weighted by Gasteiger charge is 2.16. The van der Waals surface area contributed by atoms with Gasteiger partial charge in [-0.2, -0.15) is 0 Å². The van der Waals surface area contributed by atoms with Crippen LogP contribution in [-0.4, -0.2) is 29.0 Å². The number of aromatic nitrogens is 1. The van der Waals surface area contributed by atoms with Gasteiger partial charge in [0.15, 0.2) is 5.78 Å². The largest absolute Gasteiger partial charge is 0.444 e. The number of H-pyrrole nitrogens is 1. The number of amides is 1. The van der Waals surface area contributed by atoms with E-state index >= 15 is 0 Å². The fourth-order valence-corrected chi connectivity index (χ4v) is 3.75. The lowest BCUT2D eigenvalue weighted by atomic mass is 9.98. The van der Waals surface area contributed by atoms with Gasteiger partial charge in [-0.05, 0) is 56.0 Å². The minimum Gasteiger partial charge on any atom is -0.444 e. The van der Waals surface area contributed by atoms with Crippen molar-refractivity contribution < 1.29 is 14.3 Å². The maximum absolute atomic E-state index is 12.7. The van der Waals surface area contributed by atoms with Crippen molar-refractivity contribution in [3.05, 3.63) is 95.7 Å².